The van der Waals surface area contributed by atoms with E-state index in [9.17, 15) is 9.59 Å². The van der Waals surface area contributed by atoms with Crippen molar-refractivity contribution in [2.75, 3.05) is 11.5 Å². The van der Waals surface area contributed by atoms with Gasteiger partial charge in [-0.1, -0.05) is 0 Å². The summed E-state index contributed by atoms with van der Waals surface area (Å²) < 4.78 is 10.2. The number of hydrogen-bond donors (Lipinski definition) is 0. The number of thioether (sulfide) groups is 1. The molecule has 0 amide bonds. The highest BCUT2D eigenvalue weighted by molar-refractivity contribution is 7.99. The van der Waals surface area contributed by atoms with Gasteiger partial charge in [-0.25, -0.2) is 0 Å². The number of cyclic esters (lactones) is 2. The summed E-state index contributed by atoms with van der Waals surface area (Å²) in [7, 11) is 0. The van der Waals surface area contributed by atoms with Crippen LogP contribution in [0.3, 0.4) is 0 Å². The molecule has 0 radical (unpaired) electrons. The number of ether oxygens (including phenoxy) is 2. The Morgan fingerprint density at radius 1 is 1.00 bits per heavy atom. The van der Waals surface area contributed by atoms with Crippen LogP contribution in [-0.4, -0.2) is 35.7 Å². The lowest BCUT2D eigenvalue weighted by atomic mass is 10.3. The zero-order valence-electron chi connectivity index (χ0n) is 8.44. The average Bonchev–Trinajstić information content (AvgIpc) is 2.76. The van der Waals surface area contributed by atoms with Crippen molar-refractivity contribution in [3.63, 3.8) is 0 Å². The Hall–Kier alpha value is -0.710. The predicted octanol–water partition coefficient (Wildman–Crippen LogP) is 1.13. The number of rotatable bonds is 4. The normalized spacial score (nSPS) is 30.4. The van der Waals surface area contributed by atoms with Crippen LogP contribution in [0.5, 0.6) is 0 Å². The van der Waals surface area contributed by atoms with Gasteiger partial charge >= 0.3 is 11.9 Å². The topological polar surface area (TPSA) is 52.6 Å². The van der Waals surface area contributed by atoms with E-state index in [2.05, 4.69) is 0 Å². The van der Waals surface area contributed by atoms with Crippen LogP contribution in [-0.2, 0) is 19.1 Å². The van der Waals surface area contributed by atoms with E-state index in [1.165, 1.54) is 0 Å². The Kier molecular flexibility index (Phi) is 3.51. The molecule has 2 unspecified atom stereocenters. The number of carbonyl (C=O) groups is 2. The third kappa shape index (κ3) is 3.12. The van der Waals surface area contributed by atoms with Crippen LogP contribution in [0, 0.1) is 0 Å². The highest BCUT2D eigenvalue weighted by Gasteiger charge is 2.26. The minimum Gasteiger partial charge on any atom is -0.461 e. The van der Waals surface area contributed by atoms with Crippen molar-refractivity contribution in [1.82, 2.24) is 0 Å². The fraction of sp³-hybridized carbons (Fsp3) is 0.800. The summed E-state index contributed by atoms with van der Waals surface area (Å²) in [6, 6.07) is 0. The monoisotopic (exact) mass is 230 g/mol. The number of esters is 2. The quantitative estimate of drug-likeness (QED) is 0.678. The molecule has 2 rings (SSSR count). The molecular formula is C10H14O4S. The molecule has 0 bridgehead atoms. The first-order chi connectivity index (χ1) is 7.24. The van der Waals surface area contributed by atoms with Crippen molar-refractivity contribution in [1.29, 1.82) is 0 Å². The summed E-state index contributed by atoms with van der Waals surface area (Å²) in [6.45, 7) is 0. The molecule has 0 N–H and O–H groups in total. The third-order valence-electron chi connectivity index (χ3n) is 2.54. The molecule has 0 aromatic rings. The molecule has 0 saturated carbocycles. The first-order valence-electron chi connectivity index (χ1n) is 5.21. The standard InChI is InChI=1S/C10H14O4S/c11-9-3-1-7(13-9)5-15-6-8-2-4-10(12)14-8/h7-8H,1-6H2. The van der Waals surface area contributed by atoms with Crippen LogP contribution in [0.4, 0.5) is 0 Å². The van der Waals surface area contributed by atoms with E-state index in [0.717, 1.165) is 24.3 Å². The second kappa shape index (κ2) is 4.88. The Labute approximate surface area is 92.7 Å². The molecule has 4 nitrogen and oxygen atoms in total. The van der Waals surface area contributed by atoms with Gasteiger partial charge in [0, 0.05) is 24.3 Å². The zero-order valence-corrected chi connectivity index (χ0v) is 9.26. The average molecular weight is 230 g/mol. The van der Waals surface area contributed by atoms with Crippen molar-refractivity contribution < 1.29 is 19.1 Å². The van der Waals surface area contributed by atoms with Crippen molar-refractivity contribution in [2.24, 2.45) is 0 Å². The number of carbonyl (C=O) groups excluding carboxylic acids is 2. The maximum Gasteiger partial charge on any atom is 0.306 e. The molecule has 2 fully saturated rings. The SMILES string of the molecule is O=C1CCC(CSCC2CCC(=O)O2)O1. The fourth-order valence-electron chi connectivity index (χ4n) is 1.73. The summed E-state index contributed by atoms with van der Waals surface area (Å²) in [5.41, 5.74) is 0. The highest BCUT2D eigenvalue weighted by atomic mass is 32.2. The molecule has 5 heteroatoms. The van der Waals surface area contributed by atoms with Gasteiger partial charge in [-0.3, -0.25) is 9.59 Å². The van der Waals surface area contributed by atoms with Crippen LogP contribution in [0.1, 0.15) is 25.7 Å². The molecule has 2 aliphatic rings. The fourth-order valence-corrected chi connectivity index (χ4v) is 2.86. The van der Waals surface area contributed by atoms with E-state index in [-0.39, 0.29) is 24.1 Å². The molecule has 0 aromatic heterocycles. The Morgan fingerprint density at radius 3 is 1.80 bits per heavy atom. The smallest absolute Gasteiger partial charge is 0.306 e. The van der Waals surface area contributed by atoms with Gasteiger partial charge < -0.3 is 9.47 Å². The number of hydrogen-bond acceptors (Lipinski definition) is 5. The van der Waals surface area contributed by atoms with Crippen molar-refractivity contribution in [3.05, 3.63) is 0 Å². The van der Waals surface area contributed by atoms with Crippen molar-refractivity contribution in [2.45, 2.75) is 37.9 Å². The van der Waals surface area contributed by atoms with E-state index in [4.69, 9.17) is 9.47 Å². The third-order valence-corrected chi connectivity index (χ3v) is 3.76. The van der Waals surface area contributed by atoms with E-state index >= 15 is 0 Å². The van der Waals surface area contributed by atoms with Crippen LogP contribution < -0.4 is 0 Å². The molecule has 2 atom stereocenters. The predicted molar refractivity (Wildman–Crippen MR) is 55.6 cm³/mol. The summed E-state index contributed by atoms with van der Waals surface area (Å²) >= 11 is 1.70. The lowest BCUT2D eigenvalue weighted by molar-refractivity contribution is -0.141. The lowest BCUT2D eigenvalue weighted by Gasteiger charge is -2.11. The van der Waals surface area contributed by atoms with E-state index in [1.807, 2.05) is 0 Å². The molecule has 2 heterocycles. The molecule has 0 aliphatic carbocycles. The molecule has 0 spiro atoms. The van der Waals surface area contributed by atoms with Crippen LogP contribution in [0.2, 0.25) is 0 Å². The molecule has 2 aliphatic heterocycles. The highest BCUT2D eigenvalue weighted by Crippen LogP contribution is 2.22. The van der Waals surface area contributed by atoms with Gasteiger partial charge in [0.15, 0.2) is 0 Å². The van der Waals surface area contributed by atoms with Crippen LogP contribution in [0.25, 0.3) is 0 Å². The van der Waals surface area contributed by atoms with Gasteiger partial charge in [0.05, 0.1) is 0 Å². The maximum absolute atomic E-state index is 10.8. The molecule has 2 saturated heterocycles. The summed E-state index contributed by atoms with van der Waals surface area (Å²) in [5, 5.41) is 0. The second-order valence-corrected chi connectivity index (χ2v) is 4.91. The maximum atomic E-state index is 10.8. The van der Waals surface area contributed by atoms with E-state index in [1.54, 1.807) is 11.8 Å². The van der Waals surface area contributed by atoms with Gasteiger partial charge in [0.1, 0.15) is 12.2 Å². The summed E-state index contributed by atoms with van der Waals surface area (Å²) in [6.07, 6.45) is 2.89. The van der Waals surface area contributed by atoms with E-state index in [0.29, 0.717) is 12.8 Å². The summed E-state index contributed by atoms with van der Waals surface area (Å²) in [5.74, 6) is 1.46. The Balaban J connectivity index is 1.59. The lowest BCUT2D eigenvalue weighted by Crippen LogP contribution is -2.14. The minimum absolute atomic E-state index is 0.0691. The van der Waals surface area contributed by atoms with Gasteiger partial charge in [-0.05, 0) is 12.8 Å². The van der Waals surface area contributed by atoms with Gasteiger partial charge in [-0.15, -0.1) is 0 Å². The van der Waals surface area contributed by atoms with Gasteiger partial charge in [-0.2, -0.15) is 11.8 Å². The first kappa shape index (κ1) is 10.8. The summed E-state index contributed by atoms with van der Waals surface area (Å²) in [4.78, 5) is 21.6. The molecule has 0 aromatic carbocycles. The van der Waals surface area contributed by atoms with Crippen molar-refractivity contribution in [3.8, 4) is 0 Å². The molecule has 84 valence electrons. The van der Waals surface area contributed by atoms with Crippen molar-refractivity contribution >= 4 is 23.7 Å². The Morgan fingerprint density at radius 2 is 1.47 bits per heavy atom. The minimum atomic E-state index is -0.0899. The van der Waals surface area contributed by atoms with Crippen LogP contribution >= 0.6 is 11.8 Å². The molecular weight excluding hydrogens is 216 g/mol. The largest absolute Gasteiger partial charge is 0.461 e. The molecule has 15 heavy (non-hydrogen) atoms. The van der Waals surface area contributed by atoms with E-state index < -0.39 is 0 Å². The van der Waals surface area contributed by atoms with Gasteiger partial charge in [0.25, 0.3) is 0 Å². The Bertz CT molecular complexity index is 240. The van der Waals surface area contributed by atoms with Gasteiger partial charge in [0.2, 0.25) is 0 Å². The zero-order chi connectivity index (χ0) is 10.7. The second-order valence-electron chi connectivity index (χ2n) is 3.84. The first-order valence-corrected chi connectivity index (χ1v) is 6.36. The van der Waals surface area contributed by atoms with Crippen LogP contribution in [0.15, 0.2) is 0 Å².